The topological polar surface area (TPSA) is 49.6 Å². The average molecular weight is 307 g/mol. The zero-order chi connectivity index (χ0) is 15.2. The van der Waals surface area contributed by atoms with E-state index in [1.165, 1.54) is 16.0 Å². The quantitative estimate of drug-likeness (QED) is 0.870. The van der Waals surface area contributed by atoms with E-state index >= 15 is 0 Å². The molecule has 1 fully saturated rings. The molecule has 1 aromatic rings. The summed E-state index contributed by atoms with van der Waals surface area (Å²) in [4.78, 5) is 16.7. The summed E-state index contributed by atoms with van der Waals surface area (Å²) in [7, 11) is 0. The number of carbonyl (C=O) groups excluding carboxylic acids is 1. The Kier molecular flexibility index (Phi) is 5.94. The molecule has 21 heavy (non-hydrogen) atoms. The van der Waals surface area contributed by atoms with Gasteiger partial charge in [-0.2, -0.15) is 0 Å². The second kappa shape index (κ2) is 7.71. The van der Waals surface area contributed by atoms with Crippen LogP contribution in [0.15, 0.2) is 23.1 Å². The number of benzene rings is 1. The molecule has 4 nitrogen and oxygen atoms in total. The van der Waals surface area contributed by atoms with E-state index in [1.807, 2.05) is 11.8 Å². The van der Waals surface area contributed by atoms with Gasteiger partial charge in [0.15, 0.2) is 0 Å². The lowest BCUT2D eigenvalue weighted by Gasteiger charge is -2.20. The molecule has 2 rings (SSSR count). The first kappa shape index (κ1) is 16.2. The number of amides is 2. The van der Waals surface area contributed by atoms with E-state index in [2.05, 4.69) is 36.9 Å². The van der Waals surface area contributed by atoms with Gasteiger partial charge in [0.25, 0.3) is 0 Å². The van der Waals surface area contributed by atoms with Crippen LogP contribution in [0.1, 0.15) is 17.5 Å². The largest absolute Gasteiger partial charge is 0.351 e. The van der Waals surface area contributed by atoms with Gasteiger partial charge in [-0.1, -0.05) is 6.07 Å². The van der Waals surface area contributed by atoms with Gasteiger partial charge in [-0.25, -0.2) is 4.79 Å². The summed E-state index contributed by atoms with van der Waals surface area (Å²) < 4.78 is 0. The van der Waals surface area contributed by atoms with E-state index in [4.69, 9.17) is 5.73 Å². The summed E-state index contributed by atoms with van der Waals surface area (Å²) in [6.45, 7) is 8.88. The number of carbonyl (C=O) groups is 1. The predicted octanol–water partition coefficient (Wildman–Crippen LogP) is 2.48. The Morgan fingerprint density at radius 2 is 2.00 bits per heavy atom. The van der Waals surface area contributed by atoms with Crippen LogP contribution in [0.2, 0.25) is 0 Å². The fraction of sp³-hybridized carbons (Fsp3) is 0.562. The third kappa shape index (κ3) is 4.93. The number of rotatable bonds is 4. The van der Waals surface area contributed by atoms with Crippen LogP contribution in [0, 0.1) is 13.8 Å². The molecule has 0 spiro atoms. The van der Waals surface area contributed by atoms with Crippen molar-refractivity contribution in [1.82, 2.24) is 9.80 Å². The van der Waals surface area contributed by atoms with Gasteiger partial charge >= 0.3 is 6.03 Å². The van der Waals surface area contributed by atoms with Crippen molar-refractivity contribution >= 4 is 17.8 Å². The highest BCUT2D eigenvalue weighted by atomic mass is 32.2. The Labute approximate surface area is 131 Å². The van der Waals surface area contributed by atoms with E-state index in [9.17, 15) is 4.79 Å². The van der Waals surface area contributed by atoms with Crippen LogP contribution in [0.4, 0.5) is 4.79 Å². The van der Waals surface area contributed by atoms with E-state index in [1.54, 1.807) is 4.90 Å². The van der Waals surface area contributed by atoms with Gasteiger partial charge in [0.05, 0.1) is 0 Å². The smallest absolute Gasteiger partial charge is 0.314 e. The lowest BCUT2D eigenvalue weighted by molar-refractivity contribution is 0.208. The van der Waals surface area contributed by atoms with Crippen LogP contribution in [-0.4, -0.2) is 54.3 Å². The molecule has 5 heteroatoms. The Morgan fingerprint density at radius 3 is 2.71 bits per heavy atom. The number of hydrogen-bond acceptors (Lipinski definition) is 3. The first-order valence-corrected chi connectivity index (χ1v) is 8.51. The number of hydrogen-bond donors (Lipinski definition) is 1. The summed E-state index contributed by atoms with van der Waals surface area (Å²) in [5.74, 6) is 1.08. The fourth-order valence-electron chi connectivity index (χ4n) is 2.51. The van der Waals surface area contributed by atoms with E-state index in [0.29, 0.717) is 0 Å². The van der Waals surface area contributed by atoms with Crippen molar-refractivity contribution in [3.05, 3.63) is 29.3 Å². The number of nitrogens with zero attached hydrogens (tertiary/aromatic N) is 2. The SMILES string of the molecule is Cc1ccc(SCCN2CCCN(C(N)=O)CC2)cc1C. The Balaban J connectivity index is 1.75. The Morgan fingerprint density at radius 1 is 1.19 bits per heavy atom. The Hall–Kier alpha value is -1.20. The summed E-state index contributed by atoms with van der Waals surface area (Å²) in [6, 6.07) is 6.36. The molecule has 0 saturated carbocycles. The predicted molar refractivity (Wildman–Crippen MR) is 88.9 cm³/mol. The molecule has 1 saturated heterocycles. The third-order valence-electron chi connectivity index (χ3n) is 4.05. The van der Waals surface area contributed by atoms with E-state index in [-0.39, 0.29) is 6.03 Å². The van der Waals surface area contributed by atoms with Crippen LogP contribution in [-0.2, 0) is 0 Å². The van der Waals surface area contributed by atoms with Crippen LogP contribution >= 0.6 is 11.8 Å². The van der Waals surface area contributed by atoms with Gasteiger partial charge in [0.1, 0.15) is 0 Å². The monoisotopic (exact) mass is 307 g/mol. The lowest BCUT2D eigenvalue weighted by Crippen LogP contribution is -2.38. The minimum Gasteiger partial charge on any atom is -0.351 e. The molecule has 1 heterocycles. The van der Waals surface area contributed by atoms with Crippen molar-refractivity contribution in [2.75, 3.05) is 38.5 Å². The first-order valence-electron chi connectivity index (χ1n) is 7.53. The van der Waals surface area contributed by atoms with Crippen LogP contribution in [0.3, 0.4) is 0 Å². The number of aryl methyl sites for hydroxylation is 2. The highest BCUT2D eigenvalue weighted by Crippen LogP contribution is 2.21. The Bertz CT molecular complexity index is 492. The molecule has 1 aromatic carbocycles. The van der Waals surface area contributed by atoms with Crippen molar-refractivity contribution < 1.29 is 4.79 Å². The molecule has 116 valence electrons. The molecule has 0 aliphatic carbocycles. The van der Waals surface area contributed by atoms with Crippen LogP contribution in [0.5, 0.6) is 0 Å². The summed E-state index contributed by atoms with van der Waals surface area (Å²) >= 11 is 1.90. The summed E-state index contributed by atoms with van der Waals surface area (Å²) in [5.41, 5.74) is 8.05. The van der Waals surface area contributed by atoms with Crippen molar-refractivity contribution in [1.29, 1.82) is 0 Å². The molecule has 2 amide bonds. The van der Waals surface area contributed by atoms with Crippen molar-refractivity contribution in [2.24, 2.45) is 5.73 Å². The van der Waals surface area contributed by atoms with Crippen molar-refractivity contribution in [3.63, 3.8) is 0 Å². The third-order valence-corrected chi connectivity index (χ3v) is 5.03. The van der Waals surface area contributed by atoms with Crippen molar-refractivity contribution in [3.8, 4) is 0 Å². The minimum atomic E-state index is -0.290. The fourth-order valence-corrected chi connectivity index (χ4v) is 3.52. The minimum absolute atomic E-state index is 0.290. The van der Waals surface area contributed by atoms with Crippen LogP contribution < -0.4 is 5.73 Å². The molecule has 0 unspecified atom stereocenters. The van der Waals surface area contributed by atoms with Crippen molar-refractivity contribution in [2.45, 2.75) is 25.2 Å². The molecular weight excluding hydrogens is 282 g/mol. The maximum Gasteiger partial charge on any atom is 0.314 e. The second-order valence-corrected chi connectivity index (χ2v) is 6.78. The molecule has 0 aromatic heterocycles. The second-order valence-electron chi connectivity index (χ2n) is 5.62. The molecule has 0 bridgehead atoms. The summed E-state index contributed by atoms with van der Waals surface area (Å²) in [5, 5.41) is 0. The highest BCUT2D eigenvalue weighted by Gasteiger charge is 2.16. The van der Waals surface area contributed by atoms with Gasteiger partial charge in [0.2, 0.25) is 0 Å². The maximum absolute atomic E-state index is 11.2. The number of urea groups is 1. The lowest BCUT2D eigenvalue weighted by atomic mass is 10.1. The number of primary amides is 1. The highest BCUT2D eigenvalue weighted by molar-refractivity contribution is 7.99. The van der Waals surface area contributed by atoms with Crippen LogP contribution in [0.25, 0.3) is 0 Å². The molecule has 2 N–H and O–H groups in total. The zero-order valence-electron chi connectivity index (χ0n) is 13.0. The molecule has 0 radical (unpaired) electrons. The molecule has 1 aliphatic heterocycles. The zero-order valence-corrected chi connectivity index (χ0v) is 13.8. The standard InChI is InChI=1S/C16H25N3OS/c1-13-4-5-15(12-14(13)2)21-11-10-18-6-3-7-19(9-8-18)16(17)20/h4-5,12H,3,6-11H2,1-2H3,(H2,17,20). The maximum atomic E-state index is 11.2. The normalized spacial score (nSPS) is 16.8. The van der Waals surface area contributed by atoms with Gasteiger partial charge in [-0.3, -0.25) is 0 Å². The van der Waals surface area contributed by atoms with Gasteiger partial charge in [-0.15, -0.1) is 11.8 Å². The summed E-state index contributed by atoms with van der Waals surface area (Å²) in [6.07, 6.45) is 1.01. The van der Waals surface area contributed by atoms with Gasteiger partial charge in [-0.05, 0) is 50.1 Å². The molecule has 1 aliphatic rings. The van der Waals surface area contributed by atoms with Gasteiger partial charge < -0.3 is 15.5 Å². The van der Waals surface area contributed by atoms with E-state index < -0.39 is 0 Å². The van der Waals surface area contributed by atoms with E-state index in [0.717, 1.165) is 44.9 Å². The first-order chi connectivity index (χ1) is 10.1. The molecule has 0 atom stereocenters. The number of nitrogens with two attached hydrogens (primary N) is 1. The molecular formula is C16H25N3OS. The average Bonchev–Trinajstić information content (AvgIpc) is 2.68. The number of thioether (sulfide) groups is 1. The van der Waals surface area contributed by atoms with Gasteiger partial charge in [0, 0.05) is 36.8 Å².